The molecule has 0 saturated carbocycles. The molecule has 17 heavy (non-hydrogen) atoms. The maximum Gasteiger partial charge on any atom is 0.305 e. The van der Waals surface area contributed by atoms with E-state index in [1.807, 2.05) is 6.92 Å². The van der Waals surface area contributed by atoms with Gasteiger partial charge in [-0.2, -0.15) is 0 Å². The Morgan fingerprint density at radius 3 is 2.94 bits per heavy atom. The number of carbonyl (C=O) groups excluding carboxylic acids is 1. The van der Waals surface area contributed by atoms with Crippen LogP contribution < -0.4 is 0 Å². The fraction of sp³-hybridized carbons (Fsp3) is 0.923. The van der Waals surface area contributed by atoms with Gasteiger partial charge in [0.25, 0.3) is 0 Å². The lowest BCUT2D eigenvalue weighted by Crippen LogP contribution is -2.14. The van der Waals surface area contributed by atoms with Crippen LogP contribution in [-0.4, -0.2) is 38.5 Å². The van der Waals surface area contributed by atoms with Crippen molar-refractivity contribution in [1.29, 1.82) is 0 Å². The maximum absolute atomic E-state index is 11.0. The summed E-state index contributed by atoms with van der Waals surface area (Å²) in [6.45, 7) is 4.67. The van der Waals surface area contributed by atoms with Crippen molar-refractivity contribution in [3.8, 4) is 0 Å². The van der Waals surface area contributed by atoms with Crippen LogP contribution in [0.4, 0.5) is 0 Å². The van der Waals surface area contributed by atoms with Gasteiger partial charge in [0.15, 0.2) is 0 Å². The Hall–Kier alpha value is -0.610. The molecule has 1 heterocycles. The SMILES string of the molecule is CCOC(=O)CCCCCOCC1CCCO1. The lowest BCUT2D eigenvalue weighted by atomic mass is 10.2. The number of hydrogen-bond donors (Lipinski definition) is 0. The summed E-state index contributed by atoms with van der Waals surface area (Å²) < 4.78 is 15.8. The molecule has 0 N–H and O–H groups in total. The second-order valence-electron chi connectivity index (χ2n) is 4.33. The minimum atomic E-state index is -0.0900. The molecule has 0 amide bonds. The van der Waals surface area contributed by atoms with Crippen molar-refractivity contribution in [3.05, 3.63) is 0 Å². The van der Waals surface area contributed by atoms with Gasteiger partial charge in [-0.25, -0.2) is 0 Å². The molecule has 1 saturated heterocycles. The summed E-state index contributed by atoms with van der Waals surface area (Å²) >= 11 is 0. The van der Waals surface area contributed by atoms with E-state index in [4.69, 9.17) is 14.2 Å². The second-order valence-corrected chi connectivity index (χ2v) is 4.33. The molecule has 4 nitrogen and oxygen atoms in total. The molecule has 1 atom stereocenters. The van der Waals surface area contributed by atoms with Crippen LogP contribution >= 0.6 is 0 Å². The number of ether oxygens (including phenoxy) is 3. The van der Waals surface area contributed by atoms with Crippen molar-refractivity contribution >= 4 is 5.97 Å². The first-order chi connectivity index (χ1) is 8.33. The number of carbonyl (C=O) groups is 1. The Morgan fingerprint density at radius 2 is 2.24 bits per heavy atom. The molecule has 1 rings (SSSR count). The average Bonchev–Trinajstić information content (AvgIpc) is 2.81. The van der Waals surface area contributed by atoms with Crippen LogP contribution in [0.3, 0.4) is 0 Å². The van der Waals surface area contributed by atoms with Gasteiger partial charge >= 0.3 is 5.97 Å². The second kappa shape index (κ2) is 9.42. The molecule has 0 aromatic carbocycles. The minimum absolute atomic E-state index is 0.0900. The Kier molecular flexibility index (Phi) is 8.01. The van der Waals surface area contributed by atoms with Crippen molar-refractivity contribution in [2.24, 2.45) is 0 Å². The fourth-order valence-corrected chi connectivity index (χ4v) is 1.87. The van der Waals surface area contributed by atoms with E-state index >= 15 is 0 Å². The lowest BCUT2D eigenvalue weighted by molar-refractivity contribution is -0.143. The van der Waals surface area contributed by atoms with Gasteiger partial charge in [0.1, 0.15) is 0 Å². The predicted octanol–water partition coefficient (Wildman–Crippen LogP) is 2.31. The molecule has 0 spiro atoms. The van der Waals surface area contributed by atoms with E-state index in [1.54, 1.807) is 0 Å². The largest absolute Gasteiger partial charge is 0.466 e. The minimum Gasteiger partial charge on any atom is -0.466 e. The highest BCUT2D eigenvalue weighted by atomic mass is 16.5. The van der Waals surface area contributed by atoms with Crippen molar-refractivity contribution in [3.63, 3.8) is 0 Å². The van der Waals surface area contributed by atoms with Gasteiger partial charge in [-0.1, -0.05) is 6.42 Å². The summed E-state index contributed by atoms with van der Waals surface area (Å²) in [5.41, 5.74) is 0. The third-order valence-corrected chi connectivity index (χ3v) is 2.80. The molecule has 1 unspecified atom stereocenters. The van der Waals surface area contributed by atoms with E-state index in [2.05, 4.69) is 0 Å². The summed E-state index contributed by atoms with van der Waals surface area (Å²) in [5.74, 6) is -0.0900. The molecule has 0 aromatic heterocycles. The van der Waals surface area contributed by atoms with E-state index in [-0.39, 0.29) is 5.97 Å². The number of unbranched alkanes of at least 4 members (excludes halogenated alkanes) is 2. The molecule has 0 bridgehead atoms. The lowest BCUT2D eigenvalue weighted by Gasteiger charge is -2.09. The number of hydrogen-bond acceptors (Lipinski definition) is 4. The summed E-state index contributed by atoms with van der Waals surface area (Å²) in [6.07, 6.45) is 6.05. The first-order valence-corrected chi connectivity index (χ1v) is 6.68. The van der Waals surface area contributed by atoms with Gasteiger partial charge in [-0.15, -0.1) is 0 Å². The van der Waals surface area contributed by atoms with E-state index < -0.39 is 0 Å². The van der Waals surface area contributed by atoms with Gasteiger partial charge in [0, 0.05) is 19.6 Å². The number of esters is 1. The zero-order valence-corrected chi connectivity index (χ0v) is 10.8. The quantitative estimate of drug-likeness (QED) is 0.461. The third-order valence-electron chi connectivity index (χ3n) is 2.80. The van der Waals surface area contributed by atoms with Crippen LogP contribution in [0, 0.1) is 0 Å². The van der Waals surface area contributed by atoms with Crippen LogP contribution in [0.2, 0.25) is 0 Å². The van der Waals surface area contributed by atoms with Crippen LogP contribution in [0.15, 0.2) is 0 Å². The van der Waals surface area contributed by atoms with E-state index in [9.17, 15) is 4.79 Å². The fourth-order valence-electron chi connectivity index (χ4n) is 1.87. The average molecular weight is 244 g/mol. The van der Waals surface area contributed by atoms with Gasteiger partial charge in [0.2, 0.25) is 0 Å². The van der Waals surface area contributed by atoms with Gasteiger partial charge < -0.3 is 14.2 Å². The summed E-state index contributed by atoms with van der Waals surface area (Å²) in [5, 5.41) is 0. The van der Waals surface area contributed by atoms with Crippen molar-refractivity contribution in [2.45, 2.75) is 51.6 Å². The molecule has 0 aromatic rings. The highest BCUT2D eigenvalue weighted by molar-refractivity contribution is 5.69. The molecular formula is C13H24O4. The molecule has 1 aliphatic rings. The van der Waals surface area contributed by atoms with Crippen LogP contribution in [0.1, 0.15) is 45.4 Å². The van der Waals surface area contributed by atoms with E-state index in [0.29, 0.717) is 19.1 Å². The Morgan fingerprint density at radius 1 is 1.35 bits per heavy atom. The molecule has 4 heteroatoms. The standard InChI is InChI=1S/C13H24O4/c1-2-16-13(14)8-4-3-5-9-15-11-12-7-6-10-17-12/h12H,2-11H2,1H3. The summed E-state index contributed by atoms with van der Waals surface area (Å²) in [7, 11) is 0. The molecule has 0 radical (unpaired) electrons. The Labute approximate surface area is 104 Å². The number of rotatable bonds is 9. The van der Waals surface area contributed by atoms with E-state index in [0.717, 1.165) is 51.9 Å². The van der Waals surface area contributed by atoms with Gasteiger partial charge in [0.05, 0.1) is 19.3 Å². The zero-order chi connectivity index (χ0) is 12.3. The zero-order valence-electron chi connectivity index (χ0n) is 10.8. The third kappa shape index (κ3) is 7.34. The molecule has 100 valence electrons. The van der Waals surface area contributed by atoms with Gasteiger partial charge in [-0.05, 0) is 32.6 Å². The predicted molar refractivity (Wildman–Crippen MR) is 64.9 cm³/mol. The molecule has 1 aliphatic heterocycles. The Bertz CT molecular complexity index is 200. The highest BCUT2D eigenvalue weighted by Gasteiger charge is 2.14. The topological polar surface area (TPSA) is 44.8 Å². The summed E-state index contributed by atoms with van der Waals surface area (Å²) in [6, 6.07) is 0. The summed E-state index contributed by atoms with van der Waals surface area (Å²) in [4.78, 5) is 11.0. The molecular weight excluding hydrogens is 220 g/mol. The maximum atomic E-state index is 11.0. The normalized spacial score (nSPS) is 19.5. The van der Waals surface area contributed by atoms with E-state index in [1.165, 1.54) is 0 Å². The van der Waals surface area contributed by atoms with Crippen molar-refractivity contribution in [2.75, 3.05) is 26.4 Å². The van der Waals surface area contributed by atoms with Crippen molar-refractivity contribution < 1.29 is 19.0 Å². The first-order valence-electron chi connectivity index (χ1n) is 6.68. The smallest absolute Gasteiger partial charge is 0.305 e. The monoisotopic (exact) mass is 244 g/mol. The first kappa shape index (κ1) is 14.5. The van der Waals surface area contributed by atoms with Crippen LogP contribution in [-0.2, 0) is 19.0 Å². The molecule has 0 aliphatic carbocycles. The molecule has 1 fully saturated rings. The van der Waals surface area contributed by atoms with Crippen LogP contribution in [0.25, 0.3) is 0 Å². The Balaban J connectivity index is 1.79. The van der Waals surface area contributed by atoms with Gasteiger partial charge in [-0.3, -0.25) is 4.79 Å². The van der Waals surface area contributed by atoms with Crippen LogP contribution in [0.5, 0.6) is 0 Å². The van der Waals surface area contributed by atoms with Crippen molar-refractivity contribution in [1.82, 2.24) is 0 Å². The highest BCUT2D eigenvalue weighted by Crippen LogP contribution is 2.12.